The van der Waals surface area contributed by atoms with Crippen LogP contribution in [0.25, 0.3) is 0 Å². The fourth-order valence-corrected chi connectivity index (χ4v) is 3.09. The topological polar surface area (TPSA) is 67.5 Å². The molecular weight excluding hydrogens is 270 g/mol. The second-order valence-electron chi connectivity index (χ2n) is 5.93. The molecule has 0 radical (unpaired) electrons. The summed E-state index contributed by atoms with van der Waals surface area (Å²) in [4.78, 5) is 14.4. The van der Waals surface area contributed by atoms with Crippen molar-refractivity contribution >= 4 is 5.91 Å². The summed E-state index contributed by atoms with van der Waals surface area (Å²) < 4.78 is 11.1. The Labute approximate surface area is 124 Å². The number of aromatic amines is 1. The van der Waals surface area contributed by atoms with Crippen molar-refractivity contribution < 1.29 is 14.3 Å². The van der Waals surface area contributed by atoms with Crippen LogP contribution in [0.1, 0.15) is 47.7 Å². The Balaban J connectivity index is 1.65. The van der Waals surface area contributed by atoms with Gasteiger partial charge in [-0.2, -0.15) is 5.10 Å². The Morgan fingerprint density at radius 3 is 3.05 bits per heavy atom. The van der Waals surface area contributed by atoms with Crippen molar-refractivity contribution in [1.29, 1.82) is 0 Å². The Kier molecular flexibility index (Phi) is 4.55. The van der Waals surface area contributed by atoms with E-state index in [4.69, 9.17) is 9.47 Å². The lowest BCUT2D eigenvalue weighted by Crippen LogP contribution is -2.37. The summed E-state index contributed by atoms with van der Waals surface area (Å²) in [5.41, 5.74) is 1.58. The summed E-state index contributed by atoms with van der Waals surface area (Å²) in [5.74, 6) is 0.269. The highest BCUT2D eigenvalue weighted by Crippen LogP contribution is 2.26. The van der Waals surface area contributed by atoms with Gasteiger partial charge in [0.2, 0.25) is 0 Å². The van der Waals surface area contributed by atoms with Gasteiger partial charge in [0.15, 0.2) is 0 Å². The van der Waals surface area contributed by atoms with Gasteiger partial charge >= 0.3 is 0 Å². The molecule has 0 spiro atoms. The number of nitrogens with one attached hydrogen (secondary N) is 1. The second kappa shape index (κ2) is 6.58. The molecule has 2 fully saturated rings. The summed E-state index contributed by atoms with van der Waals surface area (Å²) in [6.45, 7) is 2.87. The minimum absolute atomic E-state index is 0.0137. The zero-order valence-electron chi connectivity index (χ0n) is 12.5. The molecule has 3 rings (SSSR count). The number of likely N-dealkylation sites (N-methyl/N-ethyl adjacent to an activating group) is 1. The van der Waals surface area contributed by atoms with Crippen LogP contribution in [0.15, 0.2) is 6.20 Å². The number of aromatic nitrogens is 2. The van der Waals surface area contributed by atoms with Crippen LogP contribution in [0.5, 0.6) is 0 Å². The molecule has 6 heteroatoms. The van der Waals surface area contributed by atoms with Crippen molar-refractivity contribution in [3.8, 4) is 0 Å². The zero-order valence-corrected chi connectivity index (χ0v) is 12.5. The average Bonchev–Trinajstić information content (AvgIpc) is 3.18. The number of hydrogen-bond donors (Lipinski definition) is 1. The van der Waals surface area contributed by atoms with E-state index in [2.05, 4.69) is 10.2 Å². The monoisotopic (exact) mass is 293 g/mol. The van der Waals surface area contributed by atoms with Crippen LogP contribution in [0.4, 0.5) is 0 Å². The summed E-state index contributed by atoms with van der Waals surface area (Å²) in [6.07, 6.45) is 6.08. The van der Waals surface area contributed by atoms with E-state index in [1.807, 2.05) is 7.05 Å². The van der Waals surface area contributed by atoms with Crippen molar-refractivity contribution in [3.05, 3.63) is 17.5 Å². The highest BCUT2D eigenvalue weighted by atomic mass is 16.5. The molecule has 21 heavy (non-hydrogen) atoms. The van der Waals surface area contributed by atoms with Crippen LogP contribution in [0, 0.1) is 0 Å². The minimum atomic E-state index is 0.0137. The van der Waals surface area contributed by atoms with Gasteiger partial charge < -0.3 is 14.4 Å². The van der Waals surface area contributed by atoms with Gasteiger partial charge in [0.05, 0.1) is 30.2 Å². The smallest absolute Gasteiger partial charge is 0.257 e. The number of hydrogen-bond acceptors (Lipinski definition) is 4. The lowest BCUT2D eigenvalue weighted by atomic mass is 10.0. The van der Waals surface area contributed by atoms with E-state index in [0.29, 0.717) is 18.7 Å². The Hall–Kier alpha value is -1.40. The van der Waals surface area contributed by atoms with E-state index in [0.717, 1.165) is 38.2 Å². The fourth-order valence-electron chi connectivity index (χ4n) is 3.09. The van der Waals surface area contributed by atoms with Crippen LogP contribution in [-0.4, -0.2) is 60.5 Å². The predicted molar refractivity (Wildman–Crippen MR) is 77.3 cm³/mol. The maximum Gasteiger partial charge on any atom is 0.257 e. The molecule has 1 N–H and O–H groups in total. The van der Waals surface area contributed by atoms with Gasteiger partial charge in [-0.1, -0.05) is 0 Å². The third kappa shape index (κ3) is 3.27. The standard InChI is InChI=1S/C15H23N3O3/c1-18(9-12-4-2-3-6-21-12)15(19)13-8-16-17-14(13)11-5-7-20-10-11/h8,11-12H,2-7,9-10H2,1H3,(H,16,17). The molecule has 0 aromatic carbocycles. The van der Waals surface area contributed by atoms with Crippen LogP contribution < -0.4 is 0 Å². The van der Waals surface area contributed by atoms with Gasteiger partial charge in [0.1, 0.15) is 0 Å². The van der Waals surface area contributed by atoms with E-state index in [9.17, 15) is 4.79 Å². The molecule has 2 aliphatic rings. The predicted octanol–water partition coefficient (Wildman–Crippen LogP) is 1.55. The van der Waals surface area contributed by atoms with E-state index in [1.54, 1.807) is 11.1 Å². The van der Waals surface area contributed by atoms with E-state index in [-0.39, 0.29) is 17.9 Å². The number of amides is 1. The highest BCUT2D eigenvalue weighted by Gasteiger charge is 2.27. The Bertz CT molecular complexity index is 476. The third-order valence-electron chi connectivity index (χ3n) is 4.34. The van der Waals surface area contributed by atoms with Gasteiger partial charge in [0, 0.05) is 32.7 Å². The van der Waals surface area contributed by atoms with Crippen LogP contribution in [0.3, 0.4) is 0 Å². The molecule has 1 amide bonds. The number of ether oxygens (including phenoxy) is 2. The van der Waals surface area contributed by atoms with Crippen molar-refractivity contribution in [3.63, 3.8) is 0 Å². The number of rotatable bonds is 4. The van der Waals surface area contributed by atoms with Crippen molar-refractivity contribution in [2.75, 3.05) is 33.4 Å². The zero-order chi connectivity index (χ0) is 14.7. The van der Waals surface area contributed by atoms with Gasteiger partial charge in [-0.05, 0) is 25.7 Å². The number of H-pyrrole nitrogens is 1. The van der Waals surface area contributed by atoms with E-state index < -0.39 is 0 Å². The second-order valence-corrected chi connectivity index (χ2v) is 5.93. The Morgan fingerprint density at radius 1 is 1.43 bits per heavy atom. The first-order valence-corrected chi connectivity index (χ1v) is 7.74. The third-order valence-corrected chi connectivity index (χ3v) is 4.34. The van der Waals surface area contributed by atoms with Crippen molar-refractivity contribution in [2.24, 2.45) is 0 Å². The minimum Gasteiger partial charge on any atom is -0.381 e. The van der Waals surface area contributed by atoms with Crippen LogP contribution in [-0.2, 0) is 9.47 Å². The lowest BCUT2D eigenvalue weighted by Gasteiger charge is -2.27. The first kappa shape index (κ1) is 14.5. The summed E-state index contributed by atoms with van der Waals surface area (Å²) >= 11 is 0. The molecule has 1 aromatic heterocycles. The van der Waals surface area contributed by atoms with Gasteiger partial charge in [0.25, 0.3) is 5.91 Å². The molecular formula is C15H23N3O3. The molecule has 1 aromatic rings. The normalized spacial score (nSPS) is 26.0. The molecule has 3 heterocycles. The SMILES string of the molecule is CN(CC1CCCCO1)C(=O)c1cn[nH]c1C1CCOC1. The fraction of sp³-hybridized carbons (Fsp3) is 0.733. The number of carbonyl (C=O) groups excluding carboxylic acids is 1. The van der Waals surface area contributed by atoms with Crippen molar-refractivity contribution in [2.45, 2.75) is 37.7 Å². The number of nitrogens with zero attached hydrogens (tertiary/aromatic N) is 2. The maximum atomic E-state index is 12.6. The molecule has 6 nitrogen and oxygen atoms in total. The van der Waals surface area contributed by atoms with Gasteiger partial charge in [-0.3, -0.25) is 9.89 Å². The molecule has 2 unspecified atom stereocenters. The van der Waals surface area contributed by atoms with Crippen LogP contribution in [0.2, 0.25) is 0 Å². The maximum absolute atomic E-state index is 12.6. The highest BCUT2D eigenvalue weighted by molar-refractivity contribution is 5.95. The largest absolute Gasteiger partial charge is 0.381 e. The summed E-state index contributed by atoms with van der Waals surface area (Å²) in [6, 6.07) is 0. The summed E-state index contributed by atoms with van der Waals surface area (Å²) in [5, 5.41) is 7.04. The molecule has 0 saturated carbocycles. The summed E-state index contributed by atoms with van der Waals surface area (Å²) in [7, 11) is 1.84. The lowest BCUT2D eigenvalue weighted by molar-refractivity contribution is -0.000216. The molecule has 0 bridgehead atoms. The average molecular weight is 293 g/mol. The Morgan fingerprint density at radius 2 is 2.33 bits per heavy atom. The molecule has 2 saturated heterocycles. The van der Waals surface area contributed by atoms with E-state index in [1.165, 1.54) is 6.42 Å². The van der Waals surface area contributed by atoms with Crippen LogP contribution >= 0.6 is 0 Å². The quantitative estimate of drug-likeness (QED) is 0.914. The van der Waals surface area contributed by atoms with E-state index >= 15 is 0 Å². The molecule has 2 aliphatic heterocycles. The first-order chi connectivity index (χ1) is 10.3. The number of carbonyl (C=O) groups is 1. The van der Waals surface area contributed by atoms with Gasteiger partial charge in [-0.25, -0.2) is 0 Å². The molecule has 0 aliphatic carbocycles. The first-order valence-electron chi connectivity index (χ1n) is 7.74. The molecule has 2 atom stereocenters. The van der Waals surface area contributed by atoms with Crippen molar-refractivity contribution in [1.82, 2.24) is 15.1 Å². The molecule has 116 valence electrons. The van der Waals surface area contributed by atoms with Gasteiger partial charge in [-0.15, -0.1) is 0 Å².